The zero-order valence-corrected chi connectivity index (χ0v) is 22.8. The van der Waals surface area contributed by atoms with E-state index in [1.54, 1.807) is 9.80 Å². The van der Waals surface area contributed by atoms with Gasteiger partial charge in [-0.05, 0) is 85.1 Å². The number of nitrogens with zero attached hydrogens (tertiary/aromatic N) is 3. The Hall–Kier alpha value is -3.16. The van der Waals surface area contributed by atoms with Crippen LogP contribution in [0.15, 0.2) is 81.1 Å². The van der Waals surface area contributed by atoms with E-state index in [1.165, 1.54) is 22.9 Å². The monoisotopic (exact) mass is 559 g/mol. The number of halogens is 1. The Morgan fingerprint density at radius 1 is 0.833 bits per heavy atom. The van der Waals surface area contributed by atoms with Gasteiger partial charge in [0.15, 0.2) is 5.17 Å². The first kappa shape index (κ1) is 24.5. The van der Waals surface area contributed by atoms with Crippen molar-refractivity contribution in [3.05, 3.63) is 92.8 Å². The molecule has 0 aliphatic carbocycles. The molecule has 2 amide bonds. The third kappa shape index (κ3) is 4.31. The van der Waals surface area contributed by atoms with E-state index < -0.39 is 0 Å². The lowest BCUT2D eigenvalue weighted by atomic mass is 10.1. The summed E-state index contributed by atoms with van der Waals surface area (Å²) in [5.41, 5.74) is 5.93. The van der Waals surface area contributed by atoms with Gasteiger partial charge in [0, 0.05) is 16.6 Å². The van der Waals surface area contributed by atoms with Crippen molar-refractivity contribution in [3.63, 3.8) is 0 Å². The van der Waals surface area contributed by atoms with E-state index in [1.807, 2.05) is 73.7 Å². The highest BCUT2D eigenvalue weighted by Crippen LogP contribution is 2.46. The summed E-state index contributed by atoms with van der Waals surface area (Å²) in [6.45, 7) is 6.67. The molecular formula is C29H26BrN3O2S. The fraction of sp³-hybridized carbons (Fsp3) is 0.207. The average molecular weight is 561 g/mol. The van der Waals surface area contributed by atoms with Crippen molar-refractivity contribution < 1.29 is 9.59 Å². The molecular weight excluding hydrogens is 534 g/mol. The van der Waals surface area contributed by atoms with Crippen LogP contribution in [0.2, 0.25) is 0 Å². The Balaban J connectivity index is 1.67. The number of anilines is 2. The van der Waals surface area contributed by atoms with Crippen LogP contribution in [-0.2, 0) is 22.4 Å². The molecule has 182 valence electrons. The van der Waals surface area contributed by atoms with Crippen LogP contribution >= 0.6 is 27.7 Å². The Morgan fingerprint density at radius 3 is 2.08 bits per heavy atom. The van der Waals surface area contributed by atoms with Gasteiger partial charge in [-0.3, -0.25) is 14.5 Å². The number of thioether (sulfide) groups is 1. The summed E-state index contributed by atoms with van der Waals surface area (Å²) in [4.78, 5) is 36.1. The minimum Gasteiger partial charge on any atom is -0.308 e. The number of amidine groups is 1. The molecule has 3 aromatic carbocycles. The molecule has 36 heavy (non-hydrogen) atoms. The zero-order chi connectivity index (χ0) is 25.4. The predicted molar refractivity (Wildman–Crippen MR) is 153 cm³/mol. The maximum atomic E-state index is 14.0. The number of amides is 2. The Kier molecular flexibility index (Phi) is 6.86. The molecule has 0 spiro atoms. The normalized spacial score (nSPS) is 18.5. The van der Waals surface area contributed by atoms with Crippen molar-refractivity contribution >= 4 is 67.3 Å². The molecule has 5 nitrogen and oxygen atoms in total. The van der Waals surface area contributed by atoms with Gasteiger partial charge in [0.05, 0.1) is 27.5 Å². The molecule has 5 rings (SSSR count). The smallest absolute Gasteiger partial charge is 0.272 e. The van der Waals surface area contributed by atoms with Crippen molar-refractivity contribution in [2.75, 3.05) is 16.3 Å². The van der Waals surface area contributed by atoms with E-state index >= 15 is 0 Å². The van der Waals surface area contributed by atoms with E-state index in [0.29, 0.717) is 22.2 Å². The number of aryl methyl sites for hydroxylation is 2. The zero-order valence-electron chi connectivity index (χ0n) is 20.4. The maximum absolute atomic E-state index is 14.0. The second kappa shape index (κ2) is 10.1. The van der Waals surface area contributed by atoms with E-state index in [-0.39, 0.29) is 11.8 Å². The fourth-order valence-electron chi connectivity index (χ4n) is 4.46. The van der Waals surface area contributed by atoms with E-state index in [4.69, 9.17) is 4.99 Å². The molecule has 0 atom stereocenters. The average Bonchev–Trinajstić information content (AvgIpc) is 3.35. The van der Waals surface area contributed by atoms with Crippen molar-refractivity contribution in [2.24, 2.45) is 4.99 Å². The first-order valence-corrected chi connectivity index (χ1v) is 13.7. The van der Waals surface area contributed by atoms with Crippen molar-refractivity contribution in [3.8, 4) is 0 Å². The molecule has 0 bridgehead atoms. The maximum Gasteiger partial charge on any atom is 0.272 e. The lowest BCUT2D eigenvalue weighted by Gasteiger charge is -2.16. The van der Waals surface area contributed by atoms with Crippen LogP contribution in [0.5, 0.6) is 0 Å². The van der Waals surface area contributed by atoms with Gasteiger partial charge in [-0.2, -0.15) is 0 Å². The van der Waals surface area contributed by atoms with E-state index in [0.717, 1.165) is 39.9 Å². The number of fused-ring (bicyclic) bond motifs is 1. The van der Waals surface area contributed by atoms with Gasteiger partial charge in [-0.25, -0.2) is 4.99 Å². The molecule has 0 radical (unpaired) electrons. The highest BCUT2D eigenvalue weighted by Gasteiger charge is 2.43. The van der Waals surface area contributed by atoms with Gasteiger partial charge >= 0.3 is 0 Å². The largest absolute Gasteiger partial charge is 0.308 e. The van der Waals surface area contributed by atoms with Gasteiger partial charge < -0.3 is 4.90 Å². The van der Waals surface area contributed by atoms with Gasteiger partial charge in [0.2, 0.25) is 0 Å². The van der Waals surface area contributed by atoms with Crippen LogP contribution in [0.25, 0.3) is 5.57 Å². The number of hydrogen-bond donors (Lipinski definition) is 0. The van der Waals surface area contributed by atoms with Crippen molar-refractivity contribution in [1.29, 1.82) is 0 Å². The molecule has 0 saturated carbocycles. The van der Waals surface area contributed by atoms with Crippen LogP contribution in [0.4, 0.5) is 17.1 Å². The van der Waals surface area contributed by atoms with Crippen molar-refractivity contribution in [1.82, 2.24) is 0 Å². The van der Waals surface area contributed by atoms with Crippen LogP contribution in [-0.4, -0.2) is 23.5 Å². The predicted octanol–water partition coefficient (Wildman–Crippen LogP) is 7.12. The molecule has 3 aromatic rings. The molecule has 1 saturated heterocycles. The van der Waals surface area contributed by atoms with E-state index in [2.05, 4.69) is 29.8 Å². The van der Waals surface area contributed by atoms with Crippen LogP contribution in [0, 0.1) is 0 Å². The second-order valence-electron chi connectivity index (χ2n) is 8.59. The Bertz CT molecular complexity index is 1410. The SMILES string of the molecule is CCc1ccc(N=C2S/C(=C3/C(=O)N(CC)c4ccc(Br)cc43)C(=O)N2c2ccc(CC)cc2)cc1. The Morgan fingerprint density at radius 2 is 1.47 bits per heavy atom. The summed E-state index contributed by atoms with van der Waals surface area (Å²) in [6.07, 6.45) is 1.86. The van der Waals surface area contributed by atoms with Crippen LogP contribution in [0.1, 0.15) is 37.5 Å². The minimum absolute atomic E-state index is 0.156. The quantitative estimate of drug-likeness (QED) is 0.313. The Labute approximate surface area is 224 Å². The number of carbonyl (C=O) groups excluding carboxylic acids is 2. The first-order chi connectivity index (χ1) is 17.4. The lowest BCUT2D eigenvalue weighted by Crippen LogP contribution is -2.30. The second-order valence-corrected chi connectivity index (χ2v) is 10.5. The third-order valence-electron chi connectivity index (χ3n) is 6.48. The van der Waals surface area contributed by atoms with Gasteiger partial charge in [0.1, 0.15) is 0 Å². The van der Waals surface area contributed by atoms with Crippen LogP contribution < -0.4 is 9.80 Å². The molecule has 0 aromatic heterocycles. The summed E-state index contributed by atoms with van der Waals surface area (Å²) in [5.74, 6) is -0.392. The van der Waals surface area contributed by atoms with Gasteiger partial charge in [-0.15, -0.1) is 0 Å². The molecule has 7 heteroatoms. The first-order valence-electron chi connectivity index (χ1n) is 12.1. The van der Waals surface area contributed by atoms with Crippen molar-refractivity contribution in [2.45, 2.75) is 33.6 Å². The highest BCUT2D eigenvalue weighted by molar-refractivity contribution is 9.10. The summed E-state index contributed by atoms with van der Waals surface area (Å²) < 4.78 is 0.859. The third-order valence-corrected chi connectivity index (χ3v) is 8.01. The minimum atomic E-state index is -0.236. The number of hydrogen-bond acceptors (Lipinski definition) is 4. The highest BCUT2D eigenvalue weighted by atomic mass is 79.9. The molecule has 1 fully saturated rings. The number of benzene rings is 3. The lowest BCUT2D eigenvalue weighted by molar-refractivity contribution is -0.115. The molecule has 0 N–H and O–H groups in total. The molecule has 2 aliphatic rings. The fourth-order valence-corrected chi connectivity index (χ4v) is 5.91. The molecule has 2 heterocycles. The summed E-state index contributed by atoms with van der Waals surface area (Å²) >= 11 is 4.79. The van der Waals surface area contributed by atoms with Gasteiger partial charge in [0.25, 0.3) is 11.8 Å². The molecule has 0 unspecified atom stereocenters. The van der Waals surface area contributed by atoms with E-state index in [9.17, 15) is 9.59 Å². The van der Waals surface area contributed by atoms with Gasteiger partial charge in [-0.1, -0.05) is 54.0 Å². The number of likely N-dealkylation sites (N-methyl/N-ethyl adjacent to an activating group) is 1. The summed E-state index contributed by atoms with van der Waals surface area (Å²) in [5, 5.41) is 0.537. The topological polar surface area (TPSA) is 53.0 Å². The summed E-state index contributed by atoms with van der Waals surface area (Å²) in [6, 6.07) is 21.7. The number of rotatable bonds is 5. The summed E-state index contributed by atoms with van der Waals surface area (Å²) in [7, 11) is 0. The molecule has 2 aliphatic heterocycles. The standard InChI is InChI=1S/C29H26BrN3O2S/c1-4-18-7-12-21(13-8-18)31-29-33(22-14-9-19(5-2)10-15-22)28(35)26(36-29)25-23-17-20(30)11-16-24(23)32(6-3)27(25)34/h7-17H,4-6H2,1-3H3/b26-25+,31-29?. The number of aliphatic imine (C=N–C) groups is 1. The number of carbonyl (C=O) groups is 2. The van der Waals surface area contributed by atoms with Crippen LogP contribution in [0.3, 0.4) is 0 Å².